The number of esters is 1. The molecule has 8 nitrogen and oxygen atoms in total. The van der Waals surface area contributed by atoms with Crippen LogP contribution in [0.4, 0.5) is 0 Å². The van der Waals surface area contributed by atoms with Crippen LogP contribution in [0.3, 0.4) is 0 Å². The summed E-state index contributed by atoms with van der Waals surface area (Å²) >= 11 is 0. The smallest absolute Gasteiger partial charge is 0.341 e. The number of benzene rings is 1. The Morgan fingerprint density at radius 3 is 2.33 bits per heavy atom. The third-order valence-corrected chi connectivity index (χ3v) is 6.39. The van der Waals surface area contributed by atoms with Gasteiger partial charge in [0.1, 0.15) is 5.56 Å². The second-order valence-electron chi connectivity index (χ2n) is 8.93. The van der Waals surface area contributed by atoms with Gasteiger partial charge >= 0.3 is 5.97 Å². The number of hydrogen-bond acceptors (Lipinski definition) is 5. The lowest BCUT2D eigenvalue weighted by atomic mass is 9.94. The molecule has 2 amide bonds. The van der Waals surface area contributed by atoms with Crippen molar-refractivity contribution < 1.29 is 19.1 Å². The number of amides is 2. The van der Waals surface area contributed by atoms with E-state index in [-0.39, 0.29) is 23.8 Å². The van der Waals surface area contributed by atoms with Crippen molar-refractivity contribution in [3.8, 4) is 5.69 Å². The molecule has 1 unspecified atom stereocenters. The number of carbonyl (C=O) groups is 3. The molecule has 1 aliphatic rings. The molecule has 1 aromatic carbocycles. The van der Waals surface area contributed by atoms with Crippen LogP contribution in [0.15, 0.2) is 30.5 Å². The van der Waals surface area contributed by atoms with Gasteiger partial charge in [0, 0.05) is 30.6 Å². The van der Waals surface area contributed by atoms with Crippen molar-refractivity contribution in [1.82, 2.24) is 20.0 Å². The summed E-state index contributed by atoms with van der Waals surface area (Å²) in [6.45, 7) is 11.2. The molecule has 1 atom stereocenters. The Kier molecular flexibility index (Phi) is 7.89. The molecule has 1 N–H and O–H groups in total. The van der Waals surface area contributed by atoms with Gasteiger partial charge in [-0.3, -0.25) is 9.59 Å². The number of rotatable bonds is 7. The molecule has 0 saturated carbocycles. The lowest BCUT2D eigenvalue weighted by Crippen LogP contribution is -2.45. The Balaban J connectivity index is 1.60. The SMILES string of the molecule is CCOC(=O)c1cnn(-c2ccc(C(=O)N3CCC(C(=O)NC(C)C(C)C)CC3)cc2)c1C. The fourth-order valence-corrected chi connectivity index (χ4v) is 3.86. The molecule has 1 aliphatic heterocycles. The molecule has 1 saturated heterocycles. The molecule has 3 rings (SSSR count). The van der Waals surface area contributed by atoms with Crippen LogP contribution in [0.5, 0.6) is 0 Å². The van der Waals surface area contributed by atoms with E-state index in [2.05, 4.69) is 24.3 Å². The van der Waals surface area contributed by atoms with E-state index in [9.17, 15) is 14.4 Å². The fraction of sp³-hybridized carbons (Fsp3) is 0.520. The molecule has 1 fully saturated rings. The minimum Gasteiger partial charge on any atom is -0.462 e. The molecule has 0 bridgehead atoms. The molecule has 2 heterocycles. The first-order valence-electron chi connectivity index (χ1n) is 11.6. The maximum Gasteiger partial charge on any atom is 0.341 e. The highest BCUT2D eigenvalue weighted by Gasteiger charge is 2.28. The van der Waals surface area contributed by atoms with Crippen molar-refractivity contribution >= 4 is 17.8 Å². The highest BCUT2D eigenvalue weighted by atomic mass is 16.5. The standard InChI is InChI=1S/C25H34N4O4/c1-6-33-25(32)22-15-26-29(18(22)5)21-9-7-20(8-10-21)24(31)28-13-11-19(12-14-28)23(30)27-17(4)16(2)3/h7-10,15-17,19H,6,11-14H2,1-5H3,(H,27,30). The second kappa shape index (κ2) is 10.6. The van der Waals surface area contributed by atoms with Crippen molar-refractivity contribution in [2.24, 2.45) is 11.8 Å². The Labute approximate surface area is 195 Å². The molecule has 1 aromatic heterocycles. The van der Waals surface area contributed by atoms with E-state index in [4.69, 9.17) is 4.74 Å². The zero-order chi connectivity index (χ0) is 24.1. The van der Waals surface area contributed by atoms with Gasteiger partial charge in [0.2, 0.25) is 5.91 Å². The van der Waals surface area contributed by atoms with Crippen LogP contribution >= 0.6 is 0 Å². The predicted octanol–water partition coefficient (Wildman–Crippen LogP) is 3.37. The molecule has 0 spiro atoms. The average molecular weight is 455 g/mol. The first kappa shape index (κ1) is 24.5. The van der Waals surface area contributed by atoms with Gasteiger partial charge in [-0.15, -0.1) is 0 Å². The van der Waals surface area contributed by atoms with Crippen LogP contribution in [0.25, 0.3) is 5.69 Å². The van der Waals surface area contributed by atoms with Gasteiger partial charge in [-0.25, -0.2) is 9.48 Å². The maximum atomic E-state index is 13.0. The van der Waals surface area contributed by atoms with E-state index in [0.29, 0.717) is 55.3 Å². The Morgan fingerprint density at radius 1 is 1.12 bits per heavy atom. The van der Waals surface area contributed by atoms with E-state index in [1.807, 2.05) is 24.0 Å². The number of aromatic nitrogens is 2. The van der Waals surface area contributed by atoms with Crippen LogP contribution in [0.1, 0.15) is 66.9 Å². The molecular weight excluding hydrogens is 420 g/mol. The topological polar surface area (TPSA) is 93.5 Å². The first-order valence-corrected chi connectivity index (χ1v) is 11.6. The lowest BCUT2D eigenvalue weighted by Gasteiger charge is -2.32. The van der Waals surface area contributed by atoms with Gasteiger partial charge in [-0.1, -0.05) is 13.8 Å². The third-order valence-electron chi connectivity index (χ3n) is 6.39. The van der Waals surface area contributed by atoms with Gasteiger partial charge in [0.15, 0.2) is 0 Å². The van der Waals surface area contributed by atoms with Crippen molar-refractivity contribution in [1.29, 1.82) is 0 Å². The van der Waals surface area contributed by atoms with E-state index < -0.39 is 5.97 Å². The average Bonchev–Trinajstić information content (AvgIpc) is 3.20. The van der Waals surface area contributed by atoms with E-state index >= 15 is 0 Å². The second-order valence-corrected chi connectivity index (χ2v) is 8.93. The van der Waals surface area contributed by atoms with Gasteiger partial charge < -0.3 is 15.0 Å². The summed E-state index contributed by atoms with van der Waals surface area (Å²) in [6.07, 6.45) is 2.84. The Bertz CT molecular complexity index is 988. The fourth-order valence-electron chi connectivity index (χ4n) is 3.86. The highest BCUT2D eigenvalue weighted by molar-refractivity contribution is 5.94. The van der Waals surface area contributed by atoms with Crippen LogP contribution in [0, 0.1) is 18.8 Å². The zero-order valence-electron chi connectivity index (χ0n) is 20.1. The molecule has 0 aliphatic carbocycles. The van der Waals surface area contributed by atoms with Gasteiger partial charge in [-0.2, -0.15) is 5.10 Å². The molecule has 33 heavy (non-hydrogen) atoms. The maximum absolute atomic E-state index is 13.0. The van der Waals surface area contributed by atoms with Gasteiger partial charge in [-0.05, 0) is 63.8 Å². The number of hydrogen-bond donors (Lipinski definition) is 1. The van der Waals surface area contributed by atoms with Crippen LogP contribution in [-0.2, 0) is 9.53 Å². The van der Waals surface area contributed by atoms with Crippen molar-refractivity contribution in [2.75, 3.05) is 19.7 Å². The van der Waals surface area contributed by atoms with Crippen LogP contribution < -0.4 is 5.32 Å². The number of likely N-dealkylation sites (tertiary alicyclic amines) is 1. The van der Waals surface area contributed by atoms with E-state index in [1.165, 1.54) is 6.20 Å². The minimum atomic E-state index is -0.399. The van der Waals surface area contributed by atoms with E-state index in [1.54, 1.807) is 30.7 Å². The zero-order valence-corrected chi connectivity index (χ0v) is 20.1. The number of piperidine rings is 1. The van der Waals surface area contributed by atoms with Crippen LogP contribution in [-0.4, -0.2) is 58.2 Å². The summed E-state index contributed by atoms with van der Waals surface area (Å²) in [5, 5.41) is 7.38. The van der Waals surface area contributed by atoms with Crippen molar-refractivity contribution in [2.45, 2.75) is 53.5 Å². The van der Waals surface area contributed by atoms with Crippen LogP contribution in [0.2, 0.25) is 0 Å². The summed E-state index contributed by atoms with van der Waals surface area (Å²) in [5.74, 6) is -0.0107. The summed E-state index contributed by atoms with van der Waals surface area (Å²) in [5.41, 5.74) is 2.45. The third kappa shape index (κ3) is 5.61. The summed E-state index contributed by atoms with van der Waals surface area (Å²) in [4.78, 5) is 39.3. The number of ether oxygens (including phenoxy) is 1. The highest BCUT2D eigenvalue weighted by Crippen LogP contribution is 2.21. The van der Waals surface area contributed by atoms with Gasteiger partial charge in [0.25, 0.3) is 5.91 Å². The van der Waals surface area contributed by atoms with E-state index in [0.717, 1.165) is 5.69 Å². The number of nitrogens with zero attached hydrogens (tertiary/aromatic N) is 3. The summed E-state index contributed by atoms with van der Waals surface area (Å²) in [7, 11) is 0. The monoisotopic (exact) mass is 454 g/mol. The lowest BCUT2D eigenvalue weighted by molar-refractivity contribution is -0.127. The quantitative estimate of drug-likeness (QED) is 0.648. The molecular formula is C25H34N4O4. The number of nitrogens with one attached hydrogen (secondary N) is 1. The summed E-state index contributed by atoms with van der Waals surface area (Å²) < 4.78 is 6.72. The Morgan fingerprint density at radius 2 is 1.76 bits per heavy atom. The Hall–Kier alpha value is -3.16. The predicted molar refractivity (Wildman–Crippen MR) is 125 cm³/mol. The van der Waals surface area contributed by atoms with Gasteiger partial charge in [0.05, 0.1) is 24.2 Å². The molecule has 178 valence electrons. The van der Waals surface area contributed by atoms with Crippen molar-refractivity contribution in [3.63, 3.8) is 0 Å². The minimum absolute atomic E-state index is 0.0413. The van der Waals surface area contributed by atoms with Crippen molar-refractivity contribution in [3.05, 3.63) is 47.3 Å². The first-order chi connectivity index (χ1) is 15.7. The summed E-state index contributed by atoms with van der Waals surface area (Å²) in [6, 6.07) is 7.31. The molecule has 0 radical (unpaired) electrons. The normalized spacial score (nSPS) is 15.4. The molecule has 2 aromatic rings. The molecule has 8 heteroatoms. The number of carbonyl (C=O) groups excluding carboxylic acids is 3. The largest absolute Gasteiger partial charge is 0.462 e.